The molecule has 0 spiro atoms. The Kier molecular flexibility index (Phi) is 9.41. The Morgan fingerprint density at radius 2 is 1.31 bits per heavy atom. The summed E-state index contributed by atoms with van der Waals surface area (Å²) in [5, 5.41) is 0. The molecule has 0 aliphatic carbocycles. The molecular formula is C12H27NOPY-. The van der Waals surface area contributed by atoms with Gasteiger partial charge in [-0.3, -0.25) is 0 Å². The minimum Gasteiger partial charge on any atom is -0.327 e. The number of hydrogen-bond donors (Lipinski definition) is 0. The summed E-state index contributed by atoms with van der Waals surface area (Å²) >= 11 is 0. The van der Waals surface area contributed by atoms with Gasteiger partial charge in [-0.1, -0.05) is 0 Å². The monoisotopic (exact) mass is 321 g/mol. The van der Waals surface area contributed by atoms with Crippen LogP contribution in [-0.2, 0) is 37.3 Å². The Balaban J connectivity index is 0. The van der Waals surface area contributed by atoms with Crippen molar-refractivity contribution in [2.24, 2.45) is 0 Å². The quantitative estimate of drug-likeness (QED) is 0.504. The summed E-state index contributed by atoms with van der Waals surface area (Å²) in [5.41, 5.74) is 0.698. The first-order chi connectivity index (χ1) is 6.59. The average molecular weight is 321 g/mol. The van der Waals surface area contributed by atoms with E-state index >= 15 is 0 Å². The Hall–Kier alpha value is 1.29. The average Bonchev–Trinajstić information content (AvgIpc) is 1.98. The molecule has 1 aliphatic rings. The zero-order chi connectivity index (χ0) is 12.3. The normalized spacial score (nSPS) is 23.0. The van der Waals surface area contributed by atoms with Crippen LogP contribution in [0.2, 0.25) is 0 Å². The molecular weight excluding hydrogens is 294 g/mol. The van der Waals surface area contributed by atoms with Gasteiger partial charge in [-0.2, -0.15) is 12.8 Å². The van der Waals surface area contributed by atoms with E-state index in [0.29, 0.717) is 11.1 Å². The summed E-state index contributed by atoms with van der Waals surface area (Å²) in [5.74, 6) is 0. The van der Waals surface area contributed by atoms with Gasteiger partial charge in [-0.25, -0.2) is 0 Å². The topological polar surface area (TPSA) is 20.3 Å². The molecule has 4 heteroatoms. The molecule has 0 saturated carbocycles. The zero-order valence-electron chi connectivity index (χ0n) is 11.9. The minimum atomic E-state index is -1.13. The van der Waals surface area contributed by atoms with Gasteiger partial charge in [0.25, 0.3) is 0 Å². The zero-order valence-corrected chi connectivity index (χ0v) is 15.8. The maximum atomic E-state index is 9.63. The van der Waals surface area contributed by atoms with Crippen molar-refractivity contribution >= 4 is 7.80 Å². The van der Waals surface area contributed by atoms with Crippen LogP contribution in [0.3, 0.4) is 0 Å². The molecule has 0 atom stereocenters. The molecule has 1 heterocycles. The third kappa shape index (κ3) is 6.89. The predicted molar refractivity (Wildman–Crippen MR) is 70.3 cm³/mol. The molecule has 0 aromatic rings. The summed E-state index contributed by atoms with van der Waals surface area (Å²) in [6.07, 6.45) is 4.85. The molecule has 1 rings (SSSR count). The fourth-order valence-electron chi connectivity index (χ4n) is 1.87. The van der Waals surface area contributed by atoms with Crippen LogP contribution in [0.4, 0.5) is 0 Å². The molecule has 0 aromatic carbocycles. The van der Waals surface area contributed by atoms with Crippen LogP contribution in [0, 0.1) is 6.42 Å². The Bertz CT molecular complexity index is 209. The van der Waals surface area contributed by atoms with Crippen molar-refractivity contribution in [2.75, 3.05) is 20.4 Å². The van der Waals surface area contributed by atoms with Gasteiger partial charge >= 0.3 is 0 Å². The van der Waals surface area contributed by atoms with E-state index in [1.54, 1.807) is 13.3 Å². The molecule has 1 fully saturated rings. The molecule has 0 unspecified atom stereocenters. The van der Waals surface area contributed by atoms with E-state index in [4.69, 9.17) is 0 Å². The largest absolute Gasteiger partial charge is 0.327 e. The fourth-order valence-corrected chi connectivity index (χ4v) is 1.87. The maximum Gasteiger partial charge on any atom is 0.0703 e. The maximum absolute atomic E-state index is 9.63. The van der Waals surface area contributed by atoms with Gasteiger partial charge in [0.15, 0.2) is 0 Å². The molecule has 1 aliphatic heterocycles. The van der Waals surface area contributed by atoms with Crippen molar-refractivity contribution in [3.05, 3.63) is 6.42 Å². The van der Waals surface area contributed by atoms with Crippen LogP contribution in [0.5, 0.6) is 0 Å². The molecule has 16 heavy (non-hydrogen) atoms. The smallest absolute Gasteiger partial charge is 0.0703 e. The van der Waals surface area contributed by atoms with Crippen molar-refractivity contribution in [1.82, 2.24) is 4.90 Å². The van der Waals surface area contributed by atoms with Crippen LogP contribution >= 0.6 is 7.80 Å². The molecule has 95 valence electrons. The van der Waals surface area contributed by atoms with Crippen LogP contribution in [0.25, 0.3) is 0 Å². The predicted octanol–water partition coefficient (Wildman–Crippen LogP) is 3.28. The first-order valence-electron chi connectivity index (χ1n) is 5.62. The van der Waals surface area contributed by atoms with Gasteiger partial charge < -0.3 is 15.9 Å². The van der Waals surface area contributed by atoms with Gasteiger partial charge in [0.05, 0.1) is 7.80 Å². The number of rotatable bonds is 0. The van der Waals surface area contributed by atoms with Crippen LogP contribution in [-0.4, -0.2) is 36.4 Å². The van der Waals surface area contributed by atoms with Crippen molar-refractivity contribution in [3.63, 3.8) is 0 Å². The third-order valence-corrected chi connectivity index (χ3v) is 3.10. The first kappa shape index (κ1) is 19.6. The standard InChI is InChI=1S/C10H20N.C2H7OP.Y/c1-9(2)7-6-8-10(3,4)11(9)5;1-4(2)3;/h6H,7-8H2,1-5H3;4H,1-2H3;/q-1;;. The fraction of sp³-hybridized carbons (Fsp3) is 0.917. The van der Waals surface area contributed by atoms with Gasteiger partial charge in [-0.05, 0) is 59.2 Å². The van der Waals surface area contributed by atoms with E-state index in [1.165, 1.54) is 12.8 Å². The van der Waals surface area contributed by atoms with E-state index in [0.717, 1.165) is 0 Å². The minimum absolute atomic E-state index is 0. The van der Waals surface area contributed by atoms with Crippen molar-refractivity contribution in [1.29, 1.82) is 0 Å². The summed E-state index contributed by atoms with van der Waals surface area (Å²) in [6, 6.07) is 0. The van der Waals surface area contributed by atoms with Crippen LogP contribution in [0.1, 0.15) is 40.5 Å². The molecule has 0 amide bonds. The van der Waals surface area contributed by atoms with Crippen LogP contribution in [0.15, 0.2) is 0 Å². The summed E-state index contributed by atoms with van der Waals surface area (Å²) in [7, 11) is 1.10. The molecule has 1 saturated heterocycles. The van der Waals surface area contributed by atoms with Crippen LogP contribution < -0.4 is 0 Å². The van der Waals surface area contributed by atoms with Gasteiger partial charge in [0.1, 0.15) is 0 Å². The molecule has 0 N–H and O–H groups in total. The van der Waals surface area contributed by atoms with E-state index in [2.05, 4.69) is 46.1 Å². The second kappa shape index (κ2) is 7.67. The van der Waals surface area contributed by atoms with Gasteiger partial charge in [-0.15, -0.1) is 0 Å². The van der Waals surface area contributed by atoms with E-state index in [9.17, 15) is 4.57 Å². The Labute approximate surface area is 128 Å². The Morgan fingerprint density at radius 1 is 1.06 bits per heavy atom. The van der Waals surface area contributed by atoms with Gasteiger partial charge in [0.2, 0.25) is 0 Å². The molecule has 1 radical (unpaired) electrons. The molecule has 0 bridgehead atoms. The van der Waals surface area contributed by atoms with Crippen molar-refractivity contribution < 1.29 is 37.3 Å². The second-order valence-corrected chi connectivity index (χ2v) is 7.61. The summed E-state index contributed by atoms with van der Waals surface area (Å²) in [4.78, 5) is 2.49. The molecule has 0 aromatic heterocycles. The second-order valence-electron chi connectivity index (χ2n) is 5.79. The third-order valence-electron chi connectivity index (χ3n) is 3.10. The van der Waals surface area contributed by atoms with E-state index < -0.39 is 7.80 Å². The number of nitrogens with zero attached hydrogens (tertiary/aromatic N) is 1. The van der Waals surface area contributed by atoms with Gasteiger partial charge in [0, 0.05) is 32.7 Å². The number of piperidine rings is 1. The molecule has 2 nitrogen and oxygen atoms in total. The summed E-state index contributed by atoms with van der Waals surface area (Å²) < 4.78 is 9.63. The van der Waals surface area contributed by atoms with E-state index in [-0.39, 0.29) is 32.7 Å². The van der Waals surface area contributed by atoms with Crippen molar-refractivity contribution in [3.8, 4) is 0 Å². The van der Waals surface area contributed by atoms with Crippen molar-refractivity contribution in [2.45, 2.75) is 51.6 Å². The number of hydrogen-bond acceptors (Lipinski definition) is 2. The SMILES string of the molecule is CN1C(C)(C)C[CH-]CC1(C)C.C[PH](C)=O.[Y]. The van der Waals surface area contributed by atoms with E-state index in [1.807, 2.05) is 0 Å². The number of likely N-dealkylation sites (tertiary alicyclic amines) is 1. The first-order valence-corrected chi connectivity index (χ1v) is 8.03. The Morgan fingerprint density at radius 3 is 1.50 bits per heavy atom. The summed E-state index contributed by atoms with van der Waals surface area (Å²) in [6.45, 7) is 12.7.